The Morgan fingerprint density at radius 1 is 1.16 bits per heavy atom. The molecule has 1 aromatic heterocycles. The van der Waals surface area contributed by atoms with Crippen LogP contribution in [0.25, 0.3) is 0 Å². The number of fused-ring (bicyclic) bond motifs is 5. The van der Waals surface area contributed by atoms with Crippen molar-refractivity contribution in [1.29, 1.82) is 0 Å². The van der Waals surface area contributed by atoms with Gasteiger partial charge in [0.1, 0.15) is 18.7 Å². The van der Waals surface area contributed by atoms with Crippen LogP contribution in [0.2, 0.25) is 0 Å². The van der Waals surface area contributed by atoms with Gasteiger partial charge in [-0.05, 0) is 61.8 Å². The summed E-state index contributed by atoms with van der Waals surface area (Å²) < 4.78 is 54.0. The third-order valence-electron chi connectivity index (χ3n) is 10.2. The first-order valence-electron chi connectivity index (χ1n) is 14.7. The number of rotatable bonds is 6. The third kappa shape index (κ3) is 5.07. The molecule has 0 bridgehead atoms. The molecule has 5 rings (SSSR count). The van der Waals surface area contributed by atoms with Crippen LogP contribution in [0.5, 0.6) is 0 Å². The molecule has 0 radical (unpaired) electrons. The highest BCUT2D eigenvalue weighted by Gasteiger charge is 2.73. The number of halogens is 2. The number of esters is 3. The number of alkyl halides is 2. The fourth-order valence-corrected chi connectivity index (χ4v) is 8.23. The van der Waals surface area contributed by atoms with E-state index < -0.39 is 76.8 Å². The monoisotopic (exact) mass is 614 g/mol. The van der Waals surface area contributed by atoms with Gasteiger partial charge in [-0.25, -0.2) is 13.6 Å². The minimum Gasteiger partial charge on any atom is -0.469 e. The Labute approximate surface area is 254 Å². The molecule has 0 saturated heterocycles. The summed E-state index contributed by atoms with van der Waals surface area (Å²) in [6.45, 7) is 4.95. The maximum atomic E-state index is 17.8. The lowest BCUT2D eigenvalue weighted by molar-refractivity contribution is -0.207. The van der Waals surface area contributed by atoms with Gasteiger partial charge in [-0.15, -0.1) is 0 Å². The number of allylic oxidation sites excluding steroid dienone is 4. The van der Waals surface area contributed by atoms with Crippen LogP contribution in [0, 0.1) is 40.4 Å². The number of aliphatic hydroxyl groups is 1. The van der Waals surface area contributed by atoms with E-state index in [0.717, 1.165) is 13.2 Å². The van der Waals surface area contributed by atoms with Crippen molar-refractivity contribution in [3.63, 3.8) is 0 Å². The molecule has 44 heavy (non-hydrogen) atoms. The smallest absolute Gasteiger partial charge is 0.374 e. The molecule has 3 saturated carbocycles. The predicted molar refractivity (Wildman–Crippen MR) is 150 cm³/mol. The van der Waals surface area contributed by atoms with Crippen molar-refractivity contribution in [1.82, 2.24) is 0 Å². The van der Waals surface area contributed by atoms with Gasteiger partial charge in [0.05, 0.1) is 19.5 Å². The number of hydrogen-bond acceptors (Lipinski definition) is 9. The van der Waals surface area contributed by atoms with Crippen LogP contribution in [-0.4, -0.2) is 66.6 Å². The summed E-state index contributed by atoms with van der Waals surface area (Å²) in [5, 5.41) is 11.6. The highest BCUT2D eigenvalue weighted by molar-refractivity contribution is 6.06. The lowest BCUT2D eigenvalue weighted by atomic mass is 9.45. The van der Waals surface area contributed by atoms with Crippen molar-refractivity contribution in [3.8, 4) is 11.8 Å². The van der Waals surface area contributed by atoms with Crippen molar-refractivity contribution in [3.05, 3.63) is 47.5 Å². The Morgan fingerprint density at radius 3 is 2.59 bits per heavy atom. The second kappa shape index (κ2) is 11.6. The molecule has 11 heteroatoms. The molecule has 0 amide bonds. The van der Waals surface area contributed by atoms with Gasteiger partial charge in [0.2, 0.25) is 5.76 Å². The Kier molecular flexibility index (Phi) is 8.35. The molecule has 236 valence electrons. The van der Waals surface area contributed by atoms with Crippen LogP contribution >= 0.6 is 0 Å². The van der Waals surface area contributed by atoms with Gasteiger partial charge in [-0.1, -0.05) is 31.8 Å². The second-order valence-corrected chi connectivity index (χ2v) is 12.7. The van der Waals surface area contributed by atoms with Crippen molar-refractivity contribution in [2.45, 2.75) is 76.9 Å². The van der Waals surface area contributed by atoms with Gasteiger partial charge in [0, 0.05) is 28.7 Å². The Balaban J connectivity index is 1.39. The number of aliphatic hydroxyl groups excluding tert-OH is 1. The van der Waals surface area contributed by atoms with Gasteiger partial charge in [-0.2, -0.15) is 0 Å². The highest BCUT2D eigenvalue weighted by Crippen LogP contribution is 2.69. The minimum absolute atomic E-state index is 0.0100. The first kappa shape index (κ1) is 31.6. The molecule has 0 aliphatic heterocycles. The number of carbonyl (C=O) groups is 4. The molecular weight excluding hydrogens is 578 g/mol. The fourth-order valence-electron chi connectivity index (χ4n) is 8.23. The summed E-state index contributed by atoms with van der Waals surface area (Å²) in [6, 6.07) is 3.06. The van der Waals surface area contributed by atoms with E-state index in [4.69, 9.17) is 13.9 Å². The SMILES string of the molecule is COC(=O)CC(=O)OCC#CCC1=C[C@@]2(C)C(=CC1=O)[C@@H](F)C[C@H]1[C@@H]3C[C@@H](C)[C@H](OC(=O)c4ccco4)[C@@]3(C)C[C@H](O)[C@@]12F. The Bertz CT molecular complexity index is 1470. The van der Waals surface area contributed by atoms with Gasteiger partial charge >= 0.3 is 17.9 Å². The van der Waals surface area contributed by atoms with Gasteiger partial charge in [0.15, 0.2) is 18.1 Å². The van der Waals surface area contributed by atoms with E-state index in [1.807, 2.05) is 13.8 Å². The first-order chi connectivity index (χ1) is 20.8. The number of ketones is 1. The van der Waals surface area contributed by atoms with E-state index in [0.29, 0.717) is 6.42 Å². The van der Waals surface area contributed by atoms with Crippen molar-refractivity contribution < 1.29 is 51.7 Å². The Hall–Kier alpha value is -3.78. The molecule has 4 aliphatic carbocycles. The molecule has 0 spiro atoms. The van der Waals surface area contributed by atoms with Crippen LogP contribution in [-0.2, 0) is 28.6 Å². The molecule has 4 aliphatic rings. The van der Waals surface area contributed by atoms with Crippen LogP contribution < -0.4 is 0 Å². The predicted octanol–water partition coefficient (Wildman–Crippen LogP) is 4.24. The summed E-state index contributed by atoms with van der Waals surface area (Å²) in [6.07, 6.45) is -0.387. The quantitative estimate of drug-likeness (QED) is 0.217. The number of hydrogen-bond donors (Lipinski definition) is 1. The fraction of sp³-hybridized carbons (Fsp3) is 0.576. The summed E-state index contributed by atoms with van der Waals surface area (Å²) in [5.74, 6) is 1.10. The molecule has 0 unspecified atom stereocenters. The first-order valence-corrected chi connectivity index (χ1v) is 14.7. The summed E-state index contributed by atoms with van der Waals surface area (Å²) >= 11 is 0. The average Bonchev–Trinajstić information content (AvgIpc) is 3.59. The number of ether oxygens (including phenoxy) is 3. The Morgan fingerprint density at radius 2 is 1.91 bits per heavy atom. The van der Waals surface area contributed by atoms with E-state index in [1.54, 1.807) is 6.07 Å². The second-order valence-electron chi connectivity index (χ2n) is 12.7. The normalized spacial score (nSPS) is 37.2. The van der Waals surface area contributed by atoms with Crippen LogP contribution in [0.3, 0.4) is 0 Å². The summed E-state index contributed by atoms with van der Waals surface area (Å²) in [4.78, 5) is 48.6. The standard InChI is InChI=1S/C33H36F2O9/c1-18-12-20-21-13-23(34)22-14-24(36)19(8-5-6-10-43-28(39)15-27(38)41-4)16-32(22,3)33(21,35)26(37)17-31(20,2)29(18)44-30(40)25-9-7-11-42-25/h7,9,11,14,16,18,20-21,23,26,29,37H,8,10,12-13,15,17H2,1-4H3/t18-,20+,21+,23+,26+,29+,31+,32+,33+/m1/s1. The van der Waals surface area contributed by atoms with E-state index in [1.165, 1.54) is 25.3 Å². The molecule has 1 aromatic rings. The van der Waals surface area contributed by atoms with E-state index in [-0.39, 0.29) is 48.7 Å². The van der Waals surface area contributed by atoms with E-state index >= 15 is 8.78 Å². The van der Waals surface area contributed by atoms with E-state index in [2.05, 4.69) is 16.6 Å². The van der Waals surface area contributed by atoms with Crippen LogP contribution in [0.15, 0.2) is 46.1 Å². The zero-order valence-corrected chi connectivity index (χ0v) is 25.1. The molecule has 9 nitrogen and oxygen atoms in total. The molecule has 1 heterocycles. The van der Waals surface area contributed by atoms with Gasteiger partial charge in [0.25, 0.3) is 0 Å². The molecule has 1 N–H and O–H groups in total. The zero-order valence-electron chi connectivity index (χ0n) is 25.1. The van der Waals surface area contributed by atoms with Crippen molar-refractivity contribution in [2.75, 3.05) is 13.7 Å². The average molecular weight is 615 g/mol. The maximum absolute atomic E-state index is 17.8. The topological polar surface area (TPSA) is 129 Å². The van der Waals surface area contributed by atoms with E-state index in [9.17, 15) is 24.3 Å². The van der Waals surface area contributed by atoms with Crippen molar-refractivity contribution >= 4 is 23.7 Å². The summed E-state index contributed by atoms with van der Waals surface area (Å²) in [7, 11) is 1.14. The van der Waals surface area contributed by atoms with Crippen LogP contribution in [0.4, 0.5) is 8.78 Å². The lowest BCUT2D eigenvalue weighted by Crippen LogP contribution is -2.68. The number of carbonyl (C=O) groups excluding carboxylic acids is 4. The third-order valence-corrected chi connectivity index (χ3v) is 10.2. The maximum Gasteiger partial charge on any atom is 0.374 e. The largest absolute Gasteiger partial charge is 0.469 e. The highest BCUT2D eigenvalue weighted by atomic mass is 19.1. The molecule has 0 aromatic carbocycles. The number of furan rings is 1. The van der Waals surface area contributed by atoms with Gasteiger partial charge in [-0.3, -0.25) is 14.4 Å². The molecule has 9 atom stereocenters. The number of methoxy groups -OCH3 is 1. The molecule has 3 fully saturated rings. The lowest BCUT2D eigenvalue weighted by Gasteiger charge is -2.62. The van der Waals surface area contributed by atoms with Crippen LogP contribution in [0.1, 0.15) is 63.4 Å². The summed E-state index contributed by atoms with van der Waals surface area (Å²) in [5.41, 5.74) is -4.65. The zero-order chi connectivity index (χ0) is 32.0. The molecular formula is C33H36F2O9. The van der Waals surface area contributed by atoms with Crippen molar-refractivity contribution in [2.24, 2.45) is 28.6 Å². The van der Waals surface area contributed by atoms with Gasteiger partial charge < -0.3 is 23.7 Å². The minimum atomic E-state index is -2.31.